The first-order valence-corrected chi connectivity index (χ1v) is 6.18. The second-order valence-corrected chi connectivity index (χ2v) is 4.08. The molecule has 2 aromatic carbocycles. The minimum absolute atomic E-state index is 0.00761. The Labute approximate surface area is 120 Å². The van der Waals surface area contributed by atoms with Gasteiger partial charge in [0.05, 0.1) is 5.69 Å². The summed E-state index contributed by atoms with van der Waals surface area (Å²) >= 11 is 0. The summed E-state index contributed by atoms with van der Waals surface area (Å²) < 4.78 is 18.5. The molecule has 2 N–H and O–H groups in total. The lowest BCUT2D eigenvalue weighted by Crippen LogP contribution is -2.37. The van der Waals surface area contributed by atoms with Crippen LogP contribution in [-0.2, 0) is 4.79 Å². The van der Waals surface area contributed by atoms with Gasteiger partial charge in [-0.3, -0.25) is 10.1 Å². The van der Waals surface area contributed by atoms with Gasteiger partial charge in [0.1, 0.15) is 11.6 Å². The number of urea groups is 1. The number of halogens is 1. The van der Waals surface area contributed by atoms with Crippen molar-refractivity contribution in [2.24, 2.45) is 0 Å². The standard InChI is InChI=1S/C15H13FN2O3/c16-12-8-4-5-9-13(12)17-15(20)18-14(19)10-21-11-6-2-1-3-7-11/h1-9H,10H2,(H2,17,18,19,20). The Kier molecular flexibility index (Phi) is 4.87. The molecule has 0 aliphatic carbocycles. The van der Waals surface area contributed by atoms with Crippen molar-refractivity contribution in [2.45, 2.75) is 0 Å². The molecule has 0 spiro atoms. The summed E-state index contributed by atoms with van der Waals surface area (Å²) in [5, 5.41) is 4.28. The number of ether oxygens (including phenoxy) is 1. The van der Waals surface area contributed by atoms with E-state index in [9.17, 15) is 14.0 Å². The van der Waals surface area contributed by atoms with Crippen LogP contribution in [0.2, 0.25) is 0 Å². The number of benzene rings is 2. The number of anilines is 1. The summed E-state index contributed by atoms with van der Waals surface area (Å²) in [6, 6.07) is 13.6. The molecule has 0 atom stereocenters. The summed E-state index contributed by atoms with van der Waals surface area (Å²) in [4.78, 5) is 23.0. The van der Waals surface area contributed by atoms with Gasteiger partial charge >= 0.3 is 6.03 Å². The van der Waals surface area contributed by atoms with E-state index < -0.39 is 17.8 Å². The lowest BCUT2D eigenvalue weighted by atomic mass is 10.3. The molecular formula is C15H13FN2O3. The second kappa shape index (κ2) is 7.04. The first kappa shape index (κ1) is 14.5. The van der Waals surface area contributed by atoms with Gasteiger partial charge < -0.3 is 10.1 Å². The monoisotopic (exact) mass is 288 g/mol. The van der Waals surface area contributed by atoms with Crippen molar-refractivity contribution in [1.29, 1.82) is 0 Å². The Morgan fingerprint density at radius 3 is 2.38 bits per heavy atom. The van der Waals surface area contributed by atoms with Gasteiger partial charge in [-0.25, -0.2) is 9.18 Å². The summed E-state index contributed by atoms with van der Waals surface area (Å²) in [6.45, 7) is -0.311. The highest BCUT2D eigenvalue weighted by Gasteiger charge is 2.10. The van der Waals surface area contributed by atoms with E-state index >= 15 is 0 Å². The van der Waals surface area contributed by atoms with Gasteiger partial charge in [0.2, 0.25) is 0 Å². The van der Waals surface area contributed by atoms with Gasteiger partial charge in [0, 0.05) is 0 Å². The molecule has 2 aromatic rings. The number of carbonyl (C=O) groups excluding carboxylic acids is 2. The summed E-state index contributed by atoms with van der Waals surface area (Å²) in [5.74, 6) is -0.699. The number of rotatable bonds is 4. The van der Waals surface area contributed by atoms with Crippen LogP contribution in [-0.4, -0.2) is 18.5 Å². The van der Waals surface area contributed by atoms with Crippen molar-refractivity contribution < 1.29 is 18.7 Å². The highest BCUT2D eigenvalue weighted by molar-refractivity contribution is 6.01. The van der Waals surface area contributed by atoms with Crippen molar-refractivity contribution in [3.8, 4) is 5.75 Å². The van der Waals surface area contributed by atoms with Crippen LogP contribution in [0.5, 0.6) is 5.75 Å². The Morgan fingerprint density at radius 1 is 1.00 bits per heavy atom. The number of imide groups is 1. The van der Waals surface area contributed by atoms with Crippen LogP contribution in [0, 0.1) is 5.82 Å². The number of para-hydroxylation sites is 2. The van der Waals surface area contributed by atoms with Gasteiger partial charge in [-0.1, -0.05) is 30.3 Å². The quantitative estimate of drug-likeness (QED) is 0.908. The maximum atomic E-state index is 13.3. The van der Waals surface area contributed by atoms with Crippen molar-refractivity contribution in [3.05, 3.63) is 60.4 Å². The number of nitrogens with one attached hydrogen (secondary N) is 2. The predicted octanol–water partition coefficient (Wildman–Crippen LogP) is 2.55. The van der Waals surface area contributed by atoms with Crippen molar-refractivity contribution in [1.82, 2.24) is 5.32 Å². The van der Waals surface area contributed by atoms with E-state index in [1.165, 1.54) is 18.2 Å². The first-order valence-electron chi connectivity index (χ1n) is 6.18. The number of hydrogen-bond donors (Lipinski definition) is 2. The van der Waals surface area contributed by atoms with Gasteiger partial charge in [-0.15, -0.1) is 0 Å². The van der Waals surface area contributed by atoms with Gasteiger partial charge in [-0.2, -0.15) is 0 Å². The van der Waals surface area contributed by atoms with E-state index in [0.717, 1.165) is 0 Å². The third-order valence-corrected chi connectivity index (χ3v) is 2.49. The van der Waals surface area contributed by atoms with E-state index in [0.29, 0.717) is 5.75 Å². The second-order valence-electron chi connectivity index (χ2n) is 4.08. The molecule has 6 heteroatoms. The lowest BCUT2D eigenvalue weighted by Gasteiger charge is -2.08. The summed E-state index contributed by atoms with van der Waals surface area (Å²) in [5.41, 5.74) is -0.00761. The maximum Gasteiger partial charge on any atom is 0.326 e. The van der Waals surface area contributed by atoms with Gasteiger partial charge in [-0.05, 0) is 24.3 Å². The Bertz CT molecular complexity index is 632. The minimum Gasteiger partial charge on any atom is -0.484 e. The molecule has 2 rings (SSSR count). The van der Waals surface area contributed by atoms with E-state index in [1.807, 2.05) is 11.4 Å². The Balaban J connectivity index is 1.80. The smallest absolute Gasteiger partial charge is 0.326 e. The summed E-state index contributed by atoms with van der Waals surface area (Å²) in [7, 11) is 0. The van der Waals surface area contributed by atoms with Crippen LogP contribution < -0.4 is 15.4 Å². The van der Waals surface area contributed by atoms with Crippen LogP contribution in [0.1, 0.15) is 0 Å². The third kappa shape index (κ3) is 4.61. The molecule has 0 unspecified atom stereocenters. The molecule has 5 nitrogen and oxygen atoms in total. The van der Waals surface area contributed by atoms with Crippen molar-refractivity contribution in [3.63, 3.8) is 0 Å². The lowest BCUT2D eigenvalue weighted by molar-refractivity contribution is -0.121. The van der Waals surface area contributed by atoms with Gasteiger partial charge in [0.15, 0.2) is 6.61 Å². The highest BCUT2D eigenvalue weighted by atomic mass is 19.1. The largest absolute Gasteiger partial charge is 0.484 e. The minimum atomic E-state index is -0.818. The van der Waals surface area contributed by atoms with E-state index in [2.05, 4.69) is 5.32 Å². The fourth-order valence-corrected chi connectivity index (χ4v) is 1.54. The van der Waals surface area contributed by atoms with Crippen LogP contribution in [0.25, 0.3) is 0 Å². The maximum absolute atomic E-state index is 13.3. The molecule has 0 saturated carbocycles. The third-order valence-electron chi connectivity index (χ3n) is 2.49. The average molecular weight is 288 g/mol. The molecule has 21 heavy (non-hydrogen) atoms. The Morgan fingerprint density at radius 2 is 1.67 bits per heavy atom. The van der Waals surface area contributed by atoms with Crippen molar-refractivity contribution in [2.75, 3.05) is 11.9 Å². The zero-order valence-corrected chi connectivity index (χ0v) is 11.0. The number of amides is 3. The summed E-state index contributed by atoms with van der Waals surface area (Å²) in [6.07, 6.45) is 0. The first-order chi connectivity index (χ1) is 10.1. The van der Waals surface area contributed by atoms with E-state index in [4.69, 9.17) is 4.74 Å². The van der Waals surface area contributed by atoms with Crippen LogP contribution in [0.3, 0.4) is 0 Å². The molecule has 0 bridgehead atoms. The van der Waals surface area contributed by atoms with Crippen LogP contribution in [0.4, 0.5) is 14.9 Å². The molecular weight excluding hydrogens is 275 g/mol. The highest BCUT2D eigenvalue weighted by Crippen LogP contribution is 2.11. The zero-order chi connectivity index (χ0) is 15.1. The van der Waals surface area contributed by atoms with Crippen molar-refractivity contribution >= 4 is 17.6 Å². The fraction of sp³-hybridized carbons (Fsp3) is 0.0667. The molecule has 0 aliphatic rings. The zero-order valence-electron chi connectivity index (χ0n) is 11.0. The van der Waals surface area contributed by atoms with Crippen LogP contribution in [0.15, 0.2) is 54.6 Å². The molecule has 3 amide bonds. The number of carbonyl (C=O) groups is 2. The SMILES string of the molecule is O=C(COc1ccccc1)NC(=O)Nc1ccccc1F. The van der Waals surface area contributed by atoms with Gasteiger partial charge in [0.25, 0.3) is 5.91 Å². The van der Waals surface area contributed by atoms with E-state index in [-0.39, 0.29) is 12.3 Å². The van der Waals surface area contributed by atoms with E-state index in [1.54, 1.807) is 30.3 Å². The molecule has 0 saturated heterocycles. The topological polar surface area (TPSA) is 67.4 Å². The fourth-order valence-electron chi connectivity index (χ4n) is 1.54. The average Bonchev–Trinajstić information content (AvgIpc) is 2.48. The molecule has 0 radical (unpaired) electrons. The molecule has 0 aliphatic heterocycles. The molecule has 108 valence electrons. The molecule has 0 fully saturated rings. The Hall–Kier alpha value is -2.89. The predicted molar refractivity (Wildman–Crippen MR) is 75.5 cm³/mol. The number of hydrogen-bond acceptors (Lipinski definition) is 3. The molecule has 0 aromatic heterocycles. The van der Waals surface area contributed by atoms with Crippen LogP contribution >= 0.6 is 0 Å². The normalized spacial score (nSPS) is 9.76. The molecule has 0 heterocycles.